The van der Waals surface area contributed by atoms with Crippen molar-refractivity contribution in [2.75, 3.05) is 25.0 Å². The maximum Gasteiger partial charge on any atom is 0.241 e. The topological polar surface area (TPSA) is 61.4 Å². The van der Waals surface area contributed by atoms with Crippen LogP contribution in [0.5, 0.6) is 0 Å². The highest BCUT2D eigenvalue weighted by atomic mass is 35.5. The molecule has 1 atom stereocenters. The second-order valence-corrected chi connectivity index (χ2v) is 7.59. The van der Waals surface area contributed by atoms with Gasteiger partial charge >= 0.3 is 0 Å². The minimum Gasteiger partial charge on any atom is -0.356 e. The lowest BCUT2D eigenvalue weighted by molar-refractivity contribution is -0.127. The zero-order valence-corrected chi connectivity index (χ0v) is 16.9. The molecule has 1 aromatic carbocycles. The van der Waals surface area contributed by atoms with E-state index >= 15 is 0 Å². The first-order chi connectivity index (χ1) is 12.4. The first-order valence-corrected chi connectivity index (χ1v) is 9.95. The fourth-order valence-electron chi connectivity index (χ4n) is 3.08. The van der Waals surface area contributed by atoms with Crippen molar-refractivity contribution < 1.29 is 9.59 Å². The second kappa shape index (κ2) is 10.1. The van der Waals surface area contributed by atoms with Gasteiger partial charge in [0.2, 0.25) is 11.8 Å². The fraction of sp³-hybridized carbons (Fsp3) is 0.579. The van der Waals surface area contributed by atoms with Gasteiger partial charge in [0.15, 0.2) is 0 Å². The SMILES string of the molecule is CCCCNC(=O)C1CCN([C@@H](C)C(=O)Nc2ccc(Cl)cc2Cl)CC1. The molecule has 1 saturated heterocycles. The molecule has 1 aliphatic rings. The summed E-state index contributed by atoms with van der Waals surface area (Å²) in [4.78, 5) is 26.8. The maximum absolute atomic E-state index is 12.5. The second-order valence-electron chi connectivity index (χ2n) is 6.74. The van der Waals surface area contributed by atoms with Gasteiger partial charge in [0, 0.05) is 17.5 Å². The van der Waals surface area contributed by atoms with Crippen molar-refractivity contribution in [1.82, 2.24) is 10.2 Å². The lowest BCUT2D eigenvalue weighted by Crippen LogP contribution is -2.48. The van der Waals surface area contributed by atoms with Crippen LogP contribution in [-0.2, 0) is 9.59 Å². The Morgan fingerprint density at radius 2 is 1.96 bits per heavy atom. The van der Waals surface area contributed by atoms with Crippen LogP contribution in [-0.4, -0.2) is 42.4 Å². The average molecular weight is 400 g/mol. The van der Waals surface area contributed by atoms with Gasteiger partial charge in [-0.3, -0.25) is 14.5 Å². The van der Waals surface area contributed by atoms with Crippen LogP contribution in [0, 0.1) is 5.92 Å². The van der Waals surface area contributed by atoms with Gasteiger partial charge < -0.3 is 10.6 Å². The largest absolute Gasteiger partial charge is 0.356 e. The van der Waals surface area contributed by atoms with Crippen LogP contribution in [0.2, 0.25) is 10.0 Å². The summed E-state index contributed by atoms with van der Waals surface area (Å²) >= 11 is 12.0. The van der Waals surface area contributed by atoms with Gasteiger partial charge in [-0.25, -0.2) is 0 Å². The van der Waals surface area contributed by atoms with Crippen LogP contribution in [0.15, 0.2) is 18.2 Å². The molecular weight excluding hydrogens is 373 g/mol. The van der Waals surface area contributed by atoms with E-state index in [1.165, 1.54) is 0 Å². The highest BCUT2D eigenvalue weighted by Gasteiger charge is 2.29. The predicted molar refractivity (Wildman–Crippen MR) is 107 cm³/mol. The molecule has 2 amide bonds. The molecule has 144 valence electrons. The first-order valence-electron chi connectivity index (χ1n) is 9.20. The lowest BCUT2D eigenvalue weighted by Gasteiger charge is -2.34. The monoisotopic (exact) mass is 399 g/mol. The summed E-state index contributed by atoms with van der Waals surface area (Å²) in [6, 6.07) is 4.70. The number of nitrogens with one attached hydrogen (secondary N) is 2. The molecule has 0 radical (unpaired) electrons. The molecule has 0 bridgehead atoms. The highest BCUT2D eigenvalue weighted by Crippen LogP contribution is 2.26. The number of piperidine rings is 1. The smallest absolute Gasteiger partial charge is 0.241 e. The Morgan fingerprint density at radius 3 is 2.58 bits per heavy atom. The van der Waals surface area contributed by atoms with Crippen LogP contribution >= 0.6 is 23.2 Å². The Bertz CT molecular complexity index is 631. The highest BCUT2D eigenvalue weighted by molar-refractivity contribution is 6.36. The minimum atomic E-state index is -0.286. The Labute approximate surface area is 165 Å². The van der Waals surface area contributed by atoms with E-state index in [2.05, 4.69) is 22.5 Å². The van der Waals surface area contributed by atoms with Crippen LogP contribution in [0.1, 0.15) is 39.5 Å². The van der Waals surface area contributed by atoms with Gasteiger partial charge in [0.25, 0.3) is 0 Å². The van der Waals surface area contributed by atoms with Gasteiger partial charge in [0.05, 0.1) is 16.8 Å². The number of nitrogens with zero attached hydrogens (tertiary/aromatic N) is 1. The van der Waals surface area contributed by atoms with E-state index in [4.69, 9.17) is 23.2 Å². The van der Waals surface area contributed by atoms with Gasteiger partial charge in [-0.2, -0.15) is 0 Å². The number of likely N-dealkylation sites (tertiary alicyclic amines) is 1. The van der Waals surface area contributed by atoms with E-state index < -0.39 is 0 Å². The van der Waals surface area contributed by atoms with Crippen molar-refractivity contribution in [1.29, 1.82) is 0 Å². The van der Waals surface area contributed by atoms with E-state index in [1.54, 1.807) is 18.2 Å². The number of hydrogen-bond acceptors (Lipinski definition) is 3. The predicted octanol–water partition coefficient (Wildman–Crippen LogP) is 3.95. The van der Waals surface area contributed by atoms with Crippen molar-refractivity contribution in [3.8, 4) is 0 Å². The molecule has 2 N–H and O–H groups in total. The van der Waals surface area contributed by atoms with Crippen LogP contribution in [0.3, 0.4) is 0 Å². The van der Waals surface area contributed by atoms with Crippen LogP contribution in [0.4, 0.5) is 5.69 Å². The van der Waals surface area contributed by atoms with E-state index in [9.17, 15) is 9.59 Å². The number of carbonyl (C=O) groups is 2. The number of anilines is 1. The van der Waals surface area contributed by atoms with Crippen molar-refractivity contribution in [3.05, 3.63) is 28.2 Å². The molecule has 26 heavy (non-hydrogen) atoms. The third-order valence-corrected chi connectivity index (χ3v) is 5.39. The molecular formula is C19H27Cl2N3O2. The number of halogens is 2. The minimum absolute atomic E-state index is 0.0454. The van der Waals surface area contributed by atoms with E-state index in [1.807, 2.05) is 6.92 Å². The molecule has 0 aliphatic carbocycles. The van der Waals surface area contributed by atoms with Crippen LogP contribution in [0.25, 0.3) is 0 Å². The Kier molecular flexibility index (Phi) is 8.19. The number of carbonyl (C=O) groups excluding carboxylic acids is 2. The summed E-state index contributed by atoms with van der Waals surface area (Å²) in [7, 11) is 0. The molecule has 1 aromatic rings. The summed E-state index contributed by atoms with van der Waals surface area (Å²) in [5.74, 6) is 0.0762. The number of benzene rings is 1. The van der Waals surface area contributed by atoms with E-state index in [0.29, 0.717) is 15.7 Å². The maximum atomic E-state index is 12.5. The molecule has 0 saturated carbocycles. The molecule has 1 heterocycles. The zero-order valence-electron chi connectivity index (χ0n) is 15.4. The number of amides is 2. The molecule has 0 aromatic heterocycles. The Hall–Kier alpha value is -1.30. The van der Waals surface area contributed by atoms with Crippen molar-refractivity contribution >= 4 is 40.7 Å². The van der Waals surface area contributed by atoms with Crippen molar-refractivity contribution in [2.24, 2.45) is 5.92 Å². The summed E-state index contributed by atoms with van der Waals surface area (Å²) in [5.41, 5.74) is 0.554. The third-order valence-electron chi connectivity index (χ3n) is 4.85. The lowest BCUT2D eigenvalue weighted by atomic mass is 9.95. The molecule has 2 rings (SSSR count). The Balaban J connectivity index is 1.82. The number of hydrogen-bond donors (Lipinski definition) is 2. The Morgan fingerprint density at radius 1 is 1.27 bits per heavy atom. The van der Waals surface area contributed by atoms with Gasteiger partial charge in [-0.15, -0.1) is 0 Å². The summed E-state index contributed by atoms with van der Waals surface area (Å²) in [6.45, 7) is 6.19. The van der Waals surface area contributed by atoms with E-state index in [-0.39, 0.29) is 23.8 Å². The molecule has 1 fully saturated rings. The third kappa shape index (κ3) is 5.86. The fourth-order valence-corrected chi connectivity index (χ4v) is 3.53. The summed E-state index contributed by atoms with van der Waals surface area (Å²) in [6.07, 6.45) is 3.63. The van der Waals surface area contributed by atoms with Crippen LogP contribution < -0.4 is 10.6 Å². The molecule has 5 nitrogen and oxygen atoms in total. The molecule has 1 aliphatic heterocycles. The number of unbranched alkanes of at least 4 members (excludes halogenated alkanes) is 1. The standard InChI is InChI=1S/C19H27Cl2N3O2/c1-3-4-9-22-19(26)14-7-10-24(11-8-14)13(2)18(25)23-17-6-5-15(20)12-16(17)21/h5-6,12-14H,3-4,7-11H2,1-2H3,(H,22,26)(H,23,25)/t13-/m0/s1. The molecule has 0 spiro atoms. The summed E-state index contributed by atoms with van der Waals surface area (Å²) < 4.78 is 0. The first kappa shape index (κ1) is 21.0. The summed E-state index contributed by atoms with van der Waals surface area (Å²) in [5, 5.41) is 6.80. The zero-order chi connectivity index (χ0) is 19.1. The van der Waals surface area contributed by atoms with Gasteiger partial charge in [0.1, 0.15) is 0 Å². The quantitative estimate of drug-likeness (QED) is 0.682. The van der Waals surface area contributed by atoms with Crippen molar-refractivity contribution in [2.45, 2.75) is 45.6 Å². The average Bonchev–Trinajstić information content (AvgIpc) is 2.63. The molecule has 0 unspecified atom stereocenters. The molecule has 7 heteroatoms. The van der Waals surface area contributed by atoms with E-state index in [0.717, 1.165) is 45.3 Å². The normalized spacial score (nSPS) is 16.9. The van der Waals surface area contributed by atoms with Gasteiger partial charge in [-0.05, 0) is 57.5 Å². The number of rotatable bonds is 7. The van der Waals surface area contributed by atoms with Crippen molar-refractivity contribution in [3.63, 3.8) is 0 Å². The van der Waals surface area contributed by atoms with Gasteiger partial charge in [-0.1, -0.05) is 36.5 Å².